The van der Waals surface area contributed by atoms with E-state index in [1.807, 2.05) is 11.9 Å². The van der Waals surface area contributed by atoms with Crippen LogP contribution in [0.5, 0.6) is 0 Å². The SMILES string of the molecule is CN=C(NCC1CCCN1C)N1CCN(C(C)C(=O)N2CCCC2)CC1. The third kappa shape index (κ3) is 4.49. The summed E-state index contributed by atoms with van der Waals surface area (Å²) in [6, 6.07) is 0.614. The van der Waals surface area contributed by atoms with Crippen molar-refractivity contribution in [3.05, 3.63) is 0 Å². The van der Waals surface area contributed by atoms with Gasteiger partial charge in [0.05, 0.1) is 6.04 Å². The molecule has 0 aromatic heterocycles. The average Bonchev–Trinajstić information content (AvgIpc) is 3.34. The number of nitrogens with zero attached hydrogens (tertiary/aromatic N) is 5. The number of amides is 1. The maximum Gasteiger partial charge on any atom is 0.239 e. The molecule has 0 aromatic rings. The highest BCUT2D eigenvalue weighted by Gasteiger charge is 2.30. The largest absolute Gasteiger partial charge is 0.355 e. The molecule has 0 aromatic carbocycles. The lowest BCUT2D eigenvalue weighted by Gasteiger charge is -2.39. The molecule has 3 fully saturated rings. The molecule has 0 spiro atoms. The van der Waals surface area contributed by atoms with Crippen molar-refractivity contribution < 1.29 is 4.79 Å². The molecule has 0 aliphatic carbocycles. The summed E-state index contributed by atoms with van der Waals surface area (Å²) in [7, 11) is 4.08. The van der Waals surface area contributed by atoms with E-state index in [0.29, 0.717) is 11.9 Å². The van der Waals surface area contributed by atoms with Crippen LogP contribution in [0.3, 0.4) is 0 Å². The molecule has 7 heteroatoms. The van der Waals surface area contributed by atoms with Crippen LogP contribution in [-0.2, 0) is 4.79 Å². The molecule has 3 aliphatic heterocycles. The first-order valence-electron chi connectivity index (χ1n) is 10.3. The highest BCUT2D eigenvalue weighted by Crippen LogP contribution is 2.15. The smallest absolute Gasteiger partial charge is 0.239 e. The number of piperazine rings is 1. The van der Waals surface area contributed by atoms with Crippen molar-refractivity contribution in [2.75, 3.05) is 66.5 Å². The molecule has 148 valence electrons. The molecule has 1 amide bonds. The number of aliphatic imine (C=N–C) groups is 1. The molecule has 2 atom stereocenters. The first-order chi connectivity index (χ1) is 12.6. The van der Waals surface area contributed by atoms with E-state index in [1.165, 1.54) is 19.4 Å². The zero-order valence-corrected chi connectivity index (χ0v) is 16.8. The summed E-state index contributed by atoms with van der Waals surface area (Å²) in [6.45, 7) is 9.81. The lowest BCUT2D eigenvalue weighted by Crippen LogP contribution is -2.57. The van der Waals surface area contributed by atoms with Crippen LogP contribution in [-0.4, -0.2) is 110 Å². The second-order valence-corrected chi connectivity index (χ2v) is 7.94. The number of hydrogen-bond acceptors (Lipinski definition) is 4. The summed E-state index contributed by atoms with van der Waals surface area (Å²) in [5, 5.41) is 3.56. The Bertz CT molecular complexity index is 496. The Morgan fingerprint density at radius 1 is 1.04 bits per heavy atom. The van der Waals surface area contributed by atoms with E-state index in [9.17, 15) is 4.79 Å². The minimum absolute atomic E-state index is 0.00244. The quantitative estimate of drug-likeness (QED) is 0.574. The van der Waals surface area contributed by atoms with Crippen molar-refractivity contribution in [2.45, 2.75) is 44.7 Å². The molecule has 0 radical (unpaired) electrons. The summed E-state index contributed by atoms with van der Waals surface area (Å²) >= 11 is 0. The normalized spacial score (nSPS) is 27.2. The van der Waals surface area contributed by atoms with Crippen molar-refractivity contribution in [2.24, 2.45) is 4.99 Å². The number of likely N-dealkylation sites (N-methyl/N-ethyl adjacent to an activating group) is 1. The van der Waals surface area contributed by atoms with Crippen LogP contribution in [0.2, 0.25) is 0 Å². The lowest BCUT2D eigenvalue weighted by molar-refractivity contribution is -0.135. The Hall–Kier alpha value is -1.34. The van der Waals surface area contributed by atoms with E-state index in [2.05, 4.69) is 39.0 Å². The fourth-order valence-corrected chi connectivity index (χ4v) is 4.46. The summed E-state index contributed by atoms with van der Waals surface area (Å²) in [4.78, 5) is 26.2. The molecule has 7 nitrogen and oxygen atoms in total. The topological polar surface area (TPSA) is 54.4 Å². The van der Waals surface area contributed by atoms with Gasteiger partial charge in [-0.1, -0.05) is 0 Å². The first-order valence-corrected chi connectivity index (χ1v) is 10.3. The zero-order chi connectivity index (χ0) is 18.5. The summed E-state index contributed by atoms with van der Waals surface area (Å²) in [6.07, 6.45) is 4.88. The van der Waals surface area contributed by atoms with Crippen LogP contribution >= 0.6 is 0 Å². The van der Waals surface area contributed by atoms with Crippen LogP contribution in [0.15, 0.2) is 4.99 Å². The van der Waals surface area contributed by atoms with Crippen molar-refractivity contribution in [3.63, 3.8) is 0 Å². The molecule has 3 heterocycles. The van der Waals surface area contributed by atoms with E-state index in [1.54, 1.807) is 0 Å². The molecule has 3 aliphatic rings. The second-order valence-electron chi connectivity index (χ2n) is 7.94. The molecular formula is C19H36N6O. The van der Waals surface area contributed by atoms with Gasteiger partial charge in [-0.3, -0.25) is 14.7 Å². The standard InChI is InChI=1S/C19H36N6O/c1-16(18(26)24-9-4-5-10-24)23-11-13-25(14-12-23)19(20-2)21-15-17-7-6-8-22(17)3/h16-17H,4-15H2,1-3H3,(H,20,21). The average molecular weight is 365 g/mol. The van der Waals surface area contributed by atoms with E-state index < -0.39 is 0 Å². The van der Waals surface area contributed by atoms with Gasteiger partial charge in [-0.2, -0.15) is 0 Å². The minimum Gasteiger partial charge on any atom is -0.355 e. The first kappa shape index (κ1) is 19.4. The Balaban J connectivity index is 1.45. The van der Waals surface area contributed by atoms with Crippen molar-refractivity contribution in [1.29, 1.82) is 0 Å². The second kappa shape index (κ2) is 9.04. The van der Waals surface area contributed by atoms with Crippen molar-refractivity contribution in [3.8, 4) is 0 Å². The Morgan fingerprint density at radius 3 is 2.31 bits per heavy atom. The van der Waals surface area contributed by atoms with Gasteiger partial charge in [0.1, 0.15) is 0 Å². The molecular weight excluding hydrogens is 328 g/mol. The Morgan fingerprint density at radius 2 is 1.73 bits per heavy atom. The third-order valence-electron chi connectivity index (χ3n) is 6.32. The van der Waals surface area contributed by atoms with E-state index in [0.717, 1.165) is 64.6 Å². The van der Waals surface area contributed by atoms with Gasteiger partial charge in [-0.25, -0.2) is 0 Å². The van der Waals surface area contributed by atoms with Crippen molar-refractivity contribution in [1.82, 2.24) is 24.9 Å². The number of hydrogen-bond donors (Lipinski definition) is 1. The maximum absolute atomic E-state index is 12.6. The van der Waals surface area contributed by atoms with Crippen LogP contribution < -0.4 is 5.32 Å². The number of nitrogens with one attached hydrogen (secondary N) is 1. The van der Waals surface area contributed by atoms with Crippen LogP contribution in [0.25, 0.3) is 0 Å². The Labute approximate surface area is 158 Å². The minimum atomic E-state index is -0.00244. The van der Waals surface area contributed by atoms with Gasteiger partial charge in [0.25, 0.3) is 0 Å². The lowest BCUT2D eigenvalue weighted by atomic mass is 10.2. The number of likely N-dealkylation sites (tertiary alicyclic amines) is 2. The third-order valence-corrected chi connectivity index (χ3v) is 6.32. The van der Waals surface area contributed by atoms with E-state index in [4.69, 9.17) is 0 Å². The van der Waals surface area contributed by atoms with Crippen LogP contribution in [0.1, 0.15) is 32.6 Å². The molecule has 0 bridgehead atoms. The molecule has 3 rings (SSSR count). The monoisotopic (exact) mass is 364 g/mol. The molecule has 2 unspecified atom stereocenters. The van der Waals surface area contributed by atoms with Crippen molar-refractivity contribution >= 4 is 11.9 Å². The number of carbonyl (C=O) groups is 1. The van der Waals surface area contributed by atoms with Gasteiger partial charge in [-0.15, -0.1) is 0 Å². The predicted molar refractivity (Wildman–Crippen MR) is 105 cm³/mol. The van der Waals surface area contributed by atoms with Crippen LogP contribution in [0.4, 0.5) is 0 Å². The maximum atomic E-state index is 12.6. The van der Waals surface area contributed by atoms with E-state index in [-0.39, 0.29) is 6.04 Å². The van der Waals surface area contributed by atoms with Gasteiger partial charge in [0.2, 0.25) is 5.91 Å². The number of guanidine groups is 1. The predicted octanol–water partition coefficient (Wildman–Crippen LogP) is 0.285. The summed E-state index contributed by atoms with van der Waals surface area (Å²) in [5.41, 5.74) is 0. The molecule has 0 saturated carbocycles. The van der Waals surface area contributed by atoms with Gasteiger partial charge in [-0.05, 0) is 46.2 Å². The highest BCUT2D eigenvalue weighted by molar-refractivity contribution is 5.82. The van der Waals surface area contributed by atoms with Gasteiger partial charge in [0.15, 0.2) is 5.96 Å². The number of carbonyl (C=O) groups excluding carboxylic acids is 1. The van der Waals surface area contributed by atoms with Crippen LogP contribution in [0, 0.1) is 0 Å². The summed E-state index contributed by atoms with van der Waals surface area (Å²) < 4.78 is 0. The number of rotatable bonds is 4. The fourth-order valence-electron chi connectivity index (χ4n) is 4.46. The molecule has 1 N–H and O–H groups in total. The van der Waals surface area contributed by atoms with Gasteiger partial charge < -0.3 is 20.0 Å². The molecule has 26 heavy (non-hydrogen) atoms. The Kier molecular flexibility index (Phi) is 6.75. The zero-order valence-electron chi connectivity index (χ0n) is 16.8. The molecule has 3 saturated heterocycles. The van der Waals surface area contributed by atoms with E-state index >= 15 is 0 Å². The van der Waals surface area contributed by atoms with Gasteiger partial charge >= 0.3 is 0 Å². The highest BCUT2D eigenvalue weighted by atomic mass is 16.2. The van der Waals surface area contributed by atoms with Gasteiger partial charge in [0, 0.05) is 58.9 Å². The summed E-state index contributed by atoms with van der Waals surface area (Å²) in [5.74, 6) is 1.31. The fraction of sp³-hybridized carbons (Fsp3) is 0.895.